The van der Waals surface area contributed by atoms with Gasteiger partial charge in [-0.2, -0.15) is 17.6 Å². The Morgan fingerprint density at radius 2 is 1.79 bits per heavy atom. The highest BCUT2D eigenvalue weighted by atomic mass is 32.1. The summed E-state index contributed by atoms with van der Waals surface area (Å²) in [4.78, 5) is 29.1. The number of carbonyl (C=O) groups excluding carboxylic acids is 1. The van der Waals surface area contributed by atoms with E-state index in [1.165, 1.54) is 12.1 Å². The smallest absolute Gasteiger partial charge is 0.336 e. The normalized spacial score (nSPS) is 11.7. The fraction of sp³-hybridized carbons (Fsp3) is 0.233. The molecule has 9 heteroatoms. The van der Waals surface area contributed by atoms with Crippen molar-refractivity contribution in [2.75, 3.05) is 6.61 Å². The Balaban J connectivity index is 1.62. The number of carbonyl (C=O) groups is 2. The minimum absolute atomic E-state index is 0.0986. The molecule has 0 radical (unpaired) electrons. The van der Waals surface area contributed by atoms with E-state index >= 15 is 4.39 Å². The standard InChI is InChI=1S/C30H30FN3O4S/c1-3-25-26(17-32-28(35)27(39)19-10-6-5-7-11-19)34(30(33-25)38-4-2)18-21-15-14-20(16-24(21)31)22-12-8-9-13-23(22)29(36)37/h5-16,27,39H,3-4,17-18H2,1-2H3,(H,32,35)(H,36,37). The molecule has 0 spiro atoms. The summed E-state index contributed by atoms with van der Waals surface area (Å²) in [6.45, 7) is 4.44. The Labute approximate surface area is 232 Å². The van der Waals surface area contributed by atoms with Gasteiger partial charge in [0.1, 0.15) is 11.1 Å². The SMILES string of the molecule is CCOc1nc(CC)c(CNC(=O)C(S)c2ccccc2)n1Cc1ccc(-c2ccccc2C(=O)O)cc1F. The number of thiol groups is 1. The number of carboxylic acids is 1. The first-order valence-corrected chi connectivity index (χ1v) is 13.2. The van der Waals surface area contributed by atoms with Gasteiger partial charge in [0.15, 0.2) is 0 Å². The van der Waals surface area contributed by atoms with Gasteiger partial charge in [-0.3, -0.25) is 9.36 Å². The molecule has 1 heterocycles. The van der Waals surface area contributed by atoms with Gasteiger partial charge in [0.05, 0.1) is 36.6 Å². The van der Waals surface area contributed by atoms with E-state index in [0.717, 1.165) is 11.3 Å². The summed E-state index contributed by atoms with van der Waals surface area (Å²) in [5.41, 5.74) is 3.60. The van der Waals surface area contributed by atoms with E-state index in [4.69, 9.17) is 4.74 Å². The minimum atomic E-state index is -1.08. The summed E-state index contributed by atoms with van der Waals surface area (Å²) < 4.78 is 22.9. The lowest BCUT2D eigenvalue weighted by Crippen LogP contribution is -2.28. The van der Waals surface area contributed by atoms with Crippen LogP contribution in [0.3, 0.4) is 0 Å². The maximum atomic E-state index is 15.4. The zero-order valence-electron chi connectivity index (χ0n) is 21.7. The number of hydrogen-bond donors (Lipinski definition) is 3. The Morgan fingerprint density at radius 3 is 2.46 bits per heavy atom. The number of aromatic nitrogens is 2. The molecule has 0 aliphatic rings. The van der Waals surface area contributed by atoms with Crippen molar-refractivity contribution >= 4 is 24.5 Å². The number of hydrogen-bond acceptors (Lipinski definition) is 5. The lowest BCUT2D eigenvalue weighted by Gasteiger charge is -2.16. The molecule has 1 atom stereocenters. The van der Waals surface area contributed by atoms with Crippen molar-refractivity contribution in [1.82, 2.24) is 14.9 Å². The number of carboxylic acid groups (broad SMARTS) is 1. The van der Waals surface area contributed by atoms with Crippen molar-refractivity contribution in [2.45, 2.75) is 38.6 Å². The Kier molecular flexibility index (Phi) is 9.03. The number of aryl methyl sites for hydroxylation is 1. The monoisotopic (exact) mass is 547 g/mol. The Hall–Kier alpha value is -4.11. The number of ether oxygens (including phenoxy) is 1. The molecule has 0 fully saturated rings. The number of nitrogens with one attached hydrogen (secondary N) is 1. The van der Waals surface area contributed by atoms with E-state index in [-0.39, 0.29) is 24.6 Å². The molecule has 1 amide bonds. The van der Waals surface area contributed by atoms with Crippen LogP contribution in [0, 0.1) is 5.82 Å². The largest absolute Gasteiger partial charge is 0.478 e. The predicted octanol–water partition coefficient (Wildman–Crippen LogP) is 5.68. The van der Waals surface area contributed by atoms with Gasteiger partial charge in [-0.1, -0.05) is 67.6 Å². The van der Waals surface area contributed by atoms with E-state index in [1.54, 1.807) is 34.9 Å². The molecule has 0 saturated carbocycles. The second-order valence-electron chi connectivity index (χ2n) is 8.85. The van der Waals surface area contributed by atoms with Crippen LogP contribution in [0.15, 0.2) is 72.8 Å². The third-order valence-electron chi connectivity index (χ3n) is 6.37. The highest BCUT2D eigenvalue weighted by Crippen LogP contribution is 2.28. The first kappa shape index (κ1) is 27.9. The second kappa shape index (κ2) is 12.6. The van der Waals surface area contributed by atoms with Crippen molar-refractivity contribution in [3.8, 4) is 17.1 Å². The molecule has 4 aromatic rings. The van der Waals surface area contributed by atoms with Gasteiger partial charge in [0, 0.05) is 5.56 Å². The first-order valence-electron chi connectivity index (χ1n) is 12.7. The van der Waals surface area contributed by atoms with Gasteiger partial charge in [-0.05, 0) is 42.2 Å². The first-order chi connectivity index (χ1) is 18.8. The number of imidazole rings is 1. The molecule has 39 heavy (non-hydrogen) atoms. The van der Waals surface area contributed by atoms with Gasteiger partial charge in [0.25, 0.3) is 6.01 Å². The highest BCUT2D eigenvalue weighted by Gasteiger charge is 2.22. The van der Waals surface area contributed by atoms with Crippen LogP contribution in [0.2, 0.25) is 0 Å². The highest BCUT2D eigenvalue weighted by molar-refractivity contribution is 7.81. The summed E-state index contributed by atoms with van der Waals surface area (Å²) >= 11 is 4.48. The molecular weight excluding hydrogens is 517 g/mol. The number of benzene rings is 3. The summed E-state index contributed by atoms with van der Waals surface area (Å²) in [7, 11) is 0. The van der Waals surface area contributed by atoms with Crippen LogP contribution in [0.1, 0.15) is 52.0 Å². The predicted molar refractivity (Wildman–Crippen MR) is 151 cm³/mol. The van der Waals surface area contributed by atoms with Gasteiger partial charge in [-0.25, -0.2) is 9.18 Å². The van der Waals surface area contributed by atoms with Crippen LogP contribution in [0.4, 0.5) is 4.39 Å². The molecule has 0 aliphatic heterocycles. The van der Waals surface area contributed by atoms with Gasteiger partial charge in [0.2, 0.25) is 5.91 Å². The molecule has 0 saturated heterocycles. The summed E-state index contributed by atoms with van der Waals surface area (Å²) in [6.07, 6.45) is 0.592. The molecule has 0 aliphatic carbocycles. The lowest BCUT2D eigenvalue weighted by atomic mass is 9.98. The van der Waals surface area contributed by atoms with Crippen LogP contribution in [-0.4, -0.2) is 33.1 Å². The summed E-state index contributed by atoms with van der Waals surface area (Å²) in [6, 6.07) is 20.8. The topological polar surface area (TPSA) is 93.5 Å². The Morgan fingerprint density at radius 1 is 1.08 bits per heavy atom. The van der Waals surface area contributed by atoms with Crippen LogP contribution in [0.25, 0.3) is 11.1 Å². The fourth-order valence-electron chi connectivity index (χ4n) is 4.38. The van der Waals surface area contributed by atoms with Crippen LogP contribution in [-0.2, 0) is 24.3 Å². The molecule has 7 nitrogen and oxygen atoms in total. The average Bonchev–Trinajstić information content (AvgIpc) is 3.28. The third-order valence-corrected chi connectivity index (χ3v) is 6.91. The molecule has 202 valence electrons. The molecule has 3 aromatic carbocycles. The number of halogens is 1. The average molecular weight is 548 g/mol. The molecule has 4 rings (SSSR count). The zero-order valence-corrected chi connectivity index (χ0v) is 22.6. The number of amides is 1. The molecule has 2 N–H and O–H groups in total. The van der Waals surface area contributed by atoms with Gasteiger partial charge >= 0.3 is 5.97 Å². The quantitative estimate of drug-likeness (QED) is 0.210. The van der Waals surface area contributed by atoms with E-state index in [2.05, 4.69) is 22.9 Å². The Bertz CT molecular complexity index is 1470. The summed E-state index contributed by atoms with van der Waals surface area (Å²) in [5, 5.41) is 11.8. The lowest BCUT2D eigenvalue weighted by molar-refractivity contribution is -0.120. The molecular formula is C30H30FN3O4S. The van der Waals surface area contributed by atoms with Crippen LogP contribution >= 0.6 is 12.6 Å². The number of rotatable bonds is 11. The van der Waals surface area contributed by atoms with Crippen LogP contribution < -0.4 is 10.1 Å². The number of aromatic carboxylic acids is 1. The molecule has 0 bridgehead atoms. The van der Waals surface area contributed by atoms with Gasteiger partial charge < -0.3 is 15.2 Å². The second-order valence-corrected chi connectivity index (χ2v) is 9.36. The van der Waals surface area contributed by atoms with E-state index in [1.807, 2.05) is 44.2 Å². The van der Waals surface area contributed by atoms with Crippen molar-refractivity contribution < 1.29 is 23.8 Å². The van der Waals surface area contributed by atoms with Crippen molar-refractivity contribution in [3.05, 3.63) is 107 Å². The van der Waals surface area contributed by atoms with E-state index in [0.29, 0.717) is 41.4 Å². The number of nitrogens with zero attached hydrogens (tertiary/aromatic N) is 2. The third kappa shape index (κ3) is 6.31. The van der Waals surface area contributed by atoms with Crippen molar-refractivity contribution in [3.63, 3.8) is 0 Å². The van der Waals surface area contributed by atoms with Crippen molar-refractivity contribution in [2.24, 2.45) is 0 Å². The maximum absolute atomic E-state index is 15.4. The zero-order chi connectivity index (χ0) is 27.9. The molecule has 1 unspecified atom stereocenters. The van der Waals surface area contributed by atoms with Crippen LogP contribution in [0.5, 0.6) is 6.01 Å². The van der Waals surface area contributed by atoms with E-state index < -0.39 is 17.0 Å². The van der Waals surface area contributed by atoms with Gasteiger partial charge in [-0.15, -0.1) is 0 Å². The van der Waals surface area contributed by atoms with Crippen molar-refractivity contribution in [1.29, 1.82) is 0 Å². The fourth-order valence-corrected chi connectivity index (χ4v) is 4.65. The maximum Gasteiger partial charge on any atom is 0.336 e. The van der Waals surface area contributed by atoms with E-state index in [9.17, 15) is 14.7 Å². The minimum Gasteiger partial charge on any atom is -0.478 e. The molecule has 1 aromatic heterocycles. The summed E-state index contributed by atoms with van der Waals surface area (Å²) in [5.74, 6) is -1.83.